The molecule has 0 bridgehead atoms. The molecule has 1 rings (SSSR count). The predicted molar refractivity (Wildman–Crippen MR) is 87.2 cm³/mol. The van der Waals surface area contributed by atoms with Gasteiger partial charge in [-0.2, -0.15) is 13.2 Å². The molecule has 0 atom stereocenters. The standard InChI is InChI=1S/C16H24F3N3O2/c1-20-15(22-9-10-24-12-11-23-2)21-8-7-13-3-5-14(6-4-13)16(17,18)19/h3-6H,7-12H2,1-2H3,(H2,20,21,22). The highest BCUT2D eigenvalue weighted by molar-refractivity contribution is 5.79. The largest absolute Gasteiger partial charge is 0.416 e. The number of rotatable bonds is 9. The average molecular weight is 347 g/mol. The van der Waals surface area contributed by atoms with E-state index >= 15 is 0 Å². The molecule has 0 aromatic heterocycles. The summed E-state index contributed by atoms with van der Waals surface area (Å²) in [6, 6.07) is 5.17. The third kappa shape index (κ3) is 8.16. The lowest BCUT2D eigenvalue weighted by atomic mass is 10.1. The van der Waals surface area contributed by atoms with E-state index < -0.39 is 11.7 Å². The van der Waals surface area contributed by atoms with Crippen LogP contribution in [0.4, 0.5) is 13.2 Å². The summed E-state index contributed by atoms with van der Waals surface area (Å²) >= 11 is 0. The number of halogens is 3. The molecule has 2 N–H and O–H groups in total. The van der Waals surface area contributed by atoms with E-state index in [2.05, 4.69) is 15.6 Å². The molecule has 0 spiro atoms. The molecule has 0 saturated heterocycles. The van der Waals surface area contributed by atoms with Crippen molar-refractivity contribution < 1.29 is 22.6 Å². The molecule has 0 radical (unpaired) electrons. The lowest BCUT2D eigenvalue weighted by Gasteiger charge is -2.12. The van der Waals surface area contributed by atoms with Crippen molar-refractivity contribution in [2.24, 2.45) is 4.99 Å². The Morgan fingerprint density at radius 2 is 1.71 bits per heavy atom. The molecular formula is C16H24F3N3O2. The number of benzene rings is 1. The maximum Gasteiger partial charge on any atom is 0.416 e. The maximum absolute atomic E-state index is 12.5. The van der Waals surface area contributed by atoms with Crippen molar-refractivity contribution >= 4 is 5.96 Å². The molecule has 0 heterocycles. The lowest BCUT2D eigenvalue weighted by Crippen LogP contribution is -2.39. The minimum absolute atomic E-state index is 0.531. The van der Waals surface area contributed by atoms with Crippen molar-refractivity contribution in [1.82, 2.24) is 10.6 Å². The van der Waals surface area contributed by atoms with Gasteiger partial charge in [-0.3, -0.25) is 4.99 Å². The average Bonchev–Trinajstić information content (AvgIpc) is 2.56. The normalized spacial score (nSPS) is 12.3. The van der Waals surface area contributed by atoms with Gasteiger partial charge in [0.2, 0.25) is 0 Å². The van der Waals surface area contributed by atoms with Crippen molar-refractivity contribution in [3.05, 3.63) is 35.4 Å². The third-order valence-electron chi connectivity index (χ3n) is 3.18. The van der Waals surface area contributed by atoms with Crippen LogP contribution in [0.2, 0.25) is 0 Å². The zero-order valence-electron chi connectivity index (χ0n) is 13.9. The molecule has 0 aliphatic rings. The Hall–Kier alpha value is -1.80. The summed E-state index contributed by atoms with van der Waals surface area (Å²) in [6.45, 7) is 2.79. The van der Waals surface area contributed by atoms with Crippen LogP contribution < -0.4 is 10.6 Å². The lowest BCUT2D eigenvalue weighted by molar-refractivity contribution is -0.137. The number of alkyl halides is 3. The highest BCUT2D eigenvalue weighted by atomic mass is 19.4. The molecule has 0 saturated carbocycles. The molecule has 8 heteroatoms. The molecule has 0 aliphatic carbocycles. The van der Waals surface area contributed by atoms with Crippen LogP contribution in [0.3, 0.4) is 0 Å². The van der Waals surface area contributed by atoms with Gasteiger partial charge < -0.3 is 20.1 Å². The Labute approximate surface area is 140 Å². The van der Waals surface area contributed by atoms with E-state index in [0.717, 1.165) is 17.7 Å². The van der Waals surface area contributed by atoms with Gasteiger partial charge in [0.1, 0.15) is 0 Å². The first kappa shape index (κ1) is 20.2. The van der Waals surface area contributed by atoms with Crippen molar-refractivity contribution in [1.29, 1.82) is 0 Å². The van der Waals surface area contributed by atoms with Gasteiger partial charge in [0.15, 0.2) is 5.96 Å². The summed E-state index contributed by atoms with van der Waals surface area (Å²) < 4.78 is 47.6. The quantitative estimate of drug-likeness (QED) is 0.408. The Morgan fingerprint density at radius 3 is 2.29 bits per heavy atom. The van der Waals surface area contributed by atoms with Gasteiger partial charge in [-0.25, -0.2) is 0 Å². The molecule has 0 amide bonds. The van der Waals surface area contributed by atoms with Crippen LogP contribution in [0, 0.1) is 0 Å². The number of ether oxygens (including phenoxy) is 2. The summed E-state index contributed by atoms with van der Waals surface area (Å²) in [5.41, 5.74) is 0.194. The molecule has 1 aromatic carbocycles. The summed E-state index contributed by atoms with van der Waals surface area (Å²) in [4.78, 5) is 4.07. The summed E-state index contributed by atoms with van der Waals surface area (Å²) in [7, 11) is 3.27. The van der Waals surface area contributed by atoms with Gasteiger partial charge >= 0.3 is 6.18 Å². The zero-order chi connectivity index (χ0) is 17.8. The topological polar surface area (TPSA) is 54.9 Å². The number of hydrogen-bond acceptors (Lipinski definition) is 3. The van der Waals surface area contributed by atoms with Gasteiger partial charge in [-0.05, 0) is 24.1 Å². The third-order valence-corrected chi connectivity index (χ3v) is 3.18. The van der Waals surface area contributed by atoms with Crippen LogP contribution in [-0.2, 0) is 22.1 Å². The van der Waals surface area contributed by atoms with Gasteiger partial charge in [0.05, 0.1) is 25.4 Å². The van der Waals surface area contributed by atoms with Crippen LogP contribution in [-0.4, -0.2) is 53.0 Å². The summed E-state index contributed by atoms with van der Waals surface area (Å²) in [5.74, 6) is 0.622. The SMILES string of the molecule is CN=C(NCCOCCOC)NCCc1ccc(C(F)(F)F)cc1. The number of methoxy groups -OCH3 is 1. The molecular weight excluding hydrogens is 323 g/mol. The van der Waals surface area contributed by atoms with E-state index in [1.807, 2.05) is 0 Å². The molecule has 24 heavy (non-hydrogen) atoms. The Morgan fingerprint density at radius 1 is 1.04 bits per heavy atom. The van der Waals surface area contributed by atoms with Gasteiger partial charge in [0.25, 0.3) is 0 Å². The van der Waals surface area contributed by atoms with Crippen molar-refractivity contribution in [2.75, 3.05) is 47.1 Å². The first-order chi connectivity index (χ1) is 11.5. The fourth-order valence-corrected chi connectivity index (χ4v) is 1.89. The molecule has 0 fully saturated rings. The molecule has 1 aromatic rings. The Balaban J connectivity index is 2.24. The van der Waals surface area contributed by atoms with Crippen LogP contribution in [0.1, 0.15) is 11.1 Å². The van der Waals surface area contributed by atoms with E-state index in [9.17, 15) is 13.2 Å². The number of nitrogens with zero attached hydrogens (tertiary/aromatic N) is 1. The van der Waals surface area contributed by atoms with Gasteiger partial charge in [-0.15, -0.1) is 0 Å². The first-order valence-corrected chi connectivity index (χ1v) is 7.64. The minimum atomic E-state index is -4.30. The first-order valence-electron chi connectivity index (χ1n) is 7.64. The second-order valence-corrected chi connectivity index (χ2v) is 4.98. The summed E-state index contributed by atoms with van der Waals surface area (Å²) in [5, 5.41) is 6.19. The fourth-order valence-electron chi connectivity index (χ4n) is 1.89. The Bertz CT molecular complexity index is 490. The molecule has 0 unspecified atom stereocenters. The van der Waals surface area contributed by atoms with Crippen molar-refractivity contribution in [3.8, 4) is 0 Å². The second-order valence-electron chi connectivity index (χ2n) is 4.98. The smallest absolute Gasteiger partial charge is 0.382 e. The van der Waals surface area contributed by atoms with E-state index in [0.29, 0.717) is 45.3 Å². The highest BCUT2D eigenvalue weighted by Gasteiger charge is 2.29. The predicted octanol–water partition coefficient (Wildman–Crippen LogP) is 2.08. The molecule has 136 valence electrons. The number of guanidine groups is 1. The maximum atomic E-state index is 12.5. The van der Waals surface area contributed by atoms with E-state index in [1.165, 1.54) is 12.1 Å². The van der Waals surface area contributed by atoms with Gasteiger partial charge in [-0.1, -0.05) is 12.1 Å². The second kappa shape index (κ2) is 10.9. The van der Waals surface area contributed by atoms with Gasteiger partial charge in [0, 0.05) is 27.2 Å². The van der Waals surface area contributed by atoms with Crippen LogP contribution >= 0.6 is 0 Å². The van der Waals surface area contributed by atoms with Crippen molar-refractivity contribution in [2.45, 2.75) is 12.6 Å². The van der Waals surface area contributed by atoms with E-state index in [1.54, 1.807) is 14.2 Å². The van der Waals surface area contributed by atoms with E-state index in [4.69, 9.17) is 9.47 Å². The molecule has 0 aliphatic heterocycles. The van der Waals surface area contributed by atoms with Crippen molar-refractivity contribution in [3.63, 3.8) is 0 Å². The number of hydrogen-bond donors (Lipinski definition) is 2. The van der Waals surface area contributed by atoms with Crippen LogP contribution in [0.25, 0.3) is 0 Å². The monoisotopic (exact) mass is 347 g/mol. The van der Waals surface area contributed by atoms with E-state index in [-0.39, 0.29) is 0 Å². The van der Waals surface area contributed by atoms with Crippen LogP contribution in [0.15, 0.2) is 29.3 Å². The van der Waals surface area contributed by atoms with Crippen LogP contribution in [0.5, 0.6) is 0 Å². The number of aliphatic imine (C=N–C) groups is 1. The fraction of sp³-hybridized carbons (Fsp3) is 0.562. The highest BCUT2D eigenvalue weighted by Crippen LogP contribution is 2.29. The Kier molecular flexibility index (Phi) is 9.18. The minimum Gasteiger partial charge on any atom is -0.382 e. The summed E-state index contributed by atoms with van der Waals surface area (Å²) in [6.07, 6.45) is -3.70. The zero-order valence-corrected chi connectivity index (χ0v) is 13.9. The number of nitrogens with one attached hydrogen (secondary N) is 2. The molecule has 5 nitrogen and oxygen atoms in total.